The van der Waals surface area contributed by atoms with Gasteiger partial charge in [-0.3, -0.25) is 9.59 Å². The van der Waals surface area contributed by atoms with E-state index >= 15 is 0 Å². The molecule has 1 saturated heterocycles. The van der Waals surface area contributed by atoms with Crippen LogP contribution in [-0.4, -0.2) is 43.8 Å². The summed E-state index contributed by atoms with van der Waals surface area (Å²) < 4.78 is 44.9. The summed E-state index contributed by atoms with van der Waals surface area (Å²) in [5.41, 5.74) is 0.232. The minimum absolute atomic E-state index is 0.0116. The number of benzene rings is 2. The van der Waals surface area contributed by atoms with Crippen LogP contribution in [0, 0.1) is 5.82 Å². The molecule has 1 fully saturated rings. The maximum absolute atomic E-state index is 13.2. The second kappa shape index (κ2) is 9.30. The normalized spacial score (nSPS) is 17.0. The van der Waals surface area contributed by atoms with E-state index < -0.39 is 40.4 Å². The fourth-order valence-electron chi connectivity index (χ4n) is 3.01. The number of amides is 1. The molecule has 0 saturated carbocycles. The lowest BCUT2D eigenvalue weighted by Gasteiger charge is -2.22. The van der Waals surface area contributed by atoms with Gasteiger partial charge < -0.3 is 10.1 Å². The first-order chi connectivity index (χ1) is 14.2. The van der Waals surface area contributed by atoms with Gasteiger partial charge in [0.15, 0.2) is 6.61 Å². The second-order valence-electron chi connectivity index (χ2n) is 6.51. The number of anilines is 1. The molecule has 0 aliphatic carbocycles. The average molecular weight is 475 g/mol. The lowest BCUT2D eigenvalue weighted by Crippen LogP contribution is -2.42. The fraction of sp³-hybridized carbons (Fsp3) is 0.263. The van der Waals surface area contributed by atoms with Gasteiger partial charge in [0.1, 0.15) is 11.9 Å². The number of carbonyl (C=O) groups is 2. The van der Waals surface area contributed by atoms with E-state index in [0.717, 1.165) is 10.4 Å². The van der Waals surface area contributed by atoms with Crippen molar-refractivity contribution < 1.29 is 27.1 Å². The van der Waals surface area contributed by atoms with Crippen LogP contribution in [0.5, 0.6) is 0 Å². The van der Waals surface area contributed by atoms with Crippen molar-refractivity contribution >= 4 is 50.8 Å². The van der Waals surface area contributed by atoms with Gasteiger partial charge in [0, 0.05) is 17.3 Å². The molecule has 1 N–H and O–H groups in total. The molecule has 7 nitrogen and oxygen atoms in total. The molecule has 0 bridgehead atoms. The van der Waals surface area contributed by atoms with E-state index in [9.17, 15) is 22.4 Å². The van der Waals surface area contributed by atoms with Crippen LogP contribution in [0.2, 0.25) is 10.0 Å². The van der Waals surface area contributed by atoms with Crippen molar-refractivity contribution in [1.82, 2.24) is 4.31 Å². The first-order valence-corrected chi connectivity index (χ1v) is 11.1. The number of nitrogens with zero attached hydrogens (tertiary/aromatic N) is 1. The number of nitrogens with one attached hydrogen (secondary N) is 1. The fourth-order valence-corrected chi connectivity index (χ4v) is 4.96. The molecule has 1 atom stereocenters. The largest absolute Gasteiger partial charge is 0.454 e. The standard InChI is InChI=1S/C19H17Cl2FN2O5S/c20-12-3-6-14(7-4-12)30(27,28)24-9-1-2-17(24)19(26)29-11-18(25)23-13-5-8-16(22)15(21)10-13/h3-8,10,17H,1-2,9,11H2,(H,23,25). The molecular weight excluding hydrogens is 458 g/mol. The Bertz CT molecular complexity index is 1060. The van der Waals surface area contributed by atoms with Crippen LogP contribution >= 0.6 is 23.2 Å². The summed E-state index contributed by atoms with van der Waals surface area (Å²) in [7, 11) is -3.92. The molecule has 3 rings (SSSR count). The summed E-state index contributed by atoms with van der Waals surface area (Å²) in [6, 6.07) is 8.19. The monoisotopic (exact) mass is 474 g/mol. The molecule has 0 radical (unpaired) electrons. The first-order valence-electron chi connectivity index (χ1n) is 8.87. The Morgan fingerprint density at radius 2 is 1.87 bits per heavy atom. The van der Waals surface area contributed by atoms with Crippen LogP contribution in [0.4, 0.5) is 10.1 Å². The zero-order valence-electron chi connectivity index (χ0n) is 15.5. The lowest BCUT2D eigenvalue weighted by atomic mass is 10.2. The van der Waals surface area contributed by atoms with Crippen LogP contribution < -0.4 is 5.32 Å². The Hall–Kier alpha value is -2.20. The molecule has 0 spiro atoms. The van der Waals surface area contributed by atoms with E-state index in [4.69, 9.17) is 27.9 Å². The van der Waals surface area contributed by atoms with Crippen molar-refractivity contribution in [2.45, 2.75) is 23.8 Å². The van der Waals surface area contributed by atoms with Crippen LogP contribution in [0.1, 0.15) is 12.8 Å². The van der Waals surface area contributed by atoms with Crippen LogP contribution in [-0.2, 0) is 24.3 Å². The molecule has 1 aliphatic heterocycles. The predicted molar refractivity (Wildman–Crippen MR) is 109 cm³/mol. The van der Waals surface area contributed by atoms with Gasteiger partial charge in [-0.05, 0) is 55.3 Å². The Balaban J connectivity index is 1.62. The molecular formula is C19H17Cl2FN2O5S. The Kier molecular flexibility index (Phi) is 6.97. The zero-order chi connectivity index (χ0) is 21.9. The van der Waals surface area contributed by atoms with Crippen molar-refractivity contribution in [3.63, 3.8) is 0 Å². The minimum atomic E-state index is -3.92. The van der Waals surface area contributed by atoms with Crippen molar-refractivity contribution in [2.24, 2.45) is 0 Å². The number of sulfonamides is 1. The van der Waals surface area contributed by atoms with Gasteiger partial charge in [0.25, 0.3) is 5.91 Å². The number of hydrogen-bond acceptors (Lipinski definition) is 5. The minimum Gasteiger partial charge on any atom is -0.454 e. The van der Waals surface area contributed by atoms with E-state index in [2.05, 4.69) is 5.32 Å². The van der Waals surface area contributed by atoms with Gasteiger partial charge in [0.2, 0.25) is 10.0 Å². The molecule has 2 aromatic rings. The highest BCUT2D eigenvalue weighted by atomic mass is 35.5. The summed E-state index contributed by atoms with van der Waals surface area (Å²) in [6.07, 6.45) is 0.758. The van der Waals surface area contributed by atoms with Gasteiger partial charge in [-0.15, -0.1) is 0 Å². The molecule has 1 amide bonds. The maximum atomic E-state index is 13.2. The van der Waals surface area contributed by atoms with Crippen molar-refractivity contribution in [3.05, 3.63) is 58.3 Å². The van der Waals surface area contributed by atoms with Crippen molar-refractivity contribution in [2.75, 3.05) is 18.5 Å². The summed E-state index contributed by atoms with van der Waals surface area (Å²) >= 11 is 11.4. The van der Waals surface area contributed by atoms with E-state index in [1.54, 1.807) is 0 Å². The third-order valence-corrected chi connectivity index (χ3v) is 6.91. The third-order valence-electron chi connectivity index (χ3n) is 4.44. The number of carbonyl (C=O) groups excluding carboxylic acids is 2. The van der Waals surface area contributed by atoms with Gasteiger partial charge in [-0.1, -0.05) is 23.2 Å². The third kappa shape index (κ3) is 5.10. The smallest absolute Gasteiger partial charge is 0.324 e. The van der Waals surface area contributed by atoms with Crippen LogP contribution in [0.3, 0.4) is 0 Å². The molecule has 1 heterocycles. The van der Waals surface area contributed by atoms with Crippen molar-refractivity contribution in [3.8, 4) is 0 Å². The number of rotatable bonds is 6. The van der Waals surface area contributed by atoms with Crippen LogP contribution in [0.15, 0.2) is 47.4 Å². The topological polar surface area (TPSA) is 92.8 Å². The van der Waals surface area contributed by atoms with Gasteiger partial charge in [-0.25, -0.2) is 12.8 Å². The zero-order valence-corrected chi connectivity index (χ0v) is 17.8. The highest BCUT2D eigenvalue weighted by Crippen LogP contribution is 2.27. The summed E-state index contributed by atoms with van der Waals surface area (Å²) in [6.45, 7) is -0.468. The highest BCUT2D eigenvalue weighted by Gasteiger charge is 2.40. The van der Waals surface area contributed by atoms with E-state index in [1.165, 1.54) is 36.4 Å². The second-order valence-corrected chi connectivity index (χ2v) is 9.25. The Labute approximate surface area is 182 Å². The predicted octanol–water partition coefficient (Wildman–Crippen LogP) is 3.47. The van der Waals surface area contributed by atoms with E-state index in [-0.39, 0.29) is 28.6 Å². The average Bonchev–Trinajstić information content (AvgIpc) is 3.20. The first kappa shape index (κ1) is 22.5. The Morgan fingerprint density at radius 3 is 2.53 bits per heavy atom. The van der Waals surface area contributed by atoms with Crippen LogP contribution in [0.25, 0.3) is 0 Å². The number of ether oxygens (including phenoxy) is 1. The molecule has 1 aliphatic rings. The Morgan fingerprint density at radius 1 is 1.17 bits per heavy atom. The van der Waals surface area contributed by atoms with E-state index in [1.807, 2.05) is 0 Å². The maximum Gasteiger partial charge on any atom is 0.324 e. The molecule has 160 valence electrons. The summed E-state index contributed by atoms with van der Waals surface area (Å²) in [5.74, 6) is -2.13. The number of esters is 1. The molecule has 1 unspecified atom stereocenters. The molecule has 30 heavy (non-hydrogen) atoms. The quantitative estimate of drug-likeness (QED) is 0.646. The SMILES string of the molecule is O=C(COC(=O)C1CCCN1S(=O)(=O)c1ccc(Cl)cc1)Nc1ccc(F)c(Cl)c1. The van der Waals surface area contributed by atoms with Gasteiger partial charge in [-0.2, -0.15) is 4.31 Å². The lowest BCUT2D eigenvalue weighted by molar-refractivity contribution is -0.150. The molecule has 0 aromatic heterocycles. The number of hydrogen-bond donors (Lipinski definition) is 1. The van der Waals surface area contributed by atoms with Crippen molar-refractivity contribution in [1.29, 1.82) is 0 Å². The molecule has 2 aromatic carbocycles. The molecule has 11 heteroatoms. The van der Waals surface area contributed by atoms with E-state index in [0.29, 0.717) is 11.4 Å². The number of halogens is 3. The van der Waals surface area contributed by atoms with Gasteiger partial charge >= 0.3 is 5.97 Å². The summed E-state index contributed by atoms with van der Waals surface area (Å²) in [4.78, 5) is 24.4. The van der Waals surface area contributed by atoms with Gasteiger partial charge in [0.05, 0.1) is 9.92 Å². The highest BCUT2D eigenvalue weighted by molar-refractivity contribution is 7.89. The summed E-state index contributed by atoms with van der Waals surface area (Å²) in [5, 5.41) is 2.64.